The minimum absolute atomic E-state index is 0.0741. The Balaban J connectivity index is 1.56. The lowest BCUT2D eigenvalue weighted by Gasteiger charge is -2.20. The summed E-state index contributed by atoms with van der Waals surface area (Å²) in [5, 5.41) is 5.83. The van der Waals surface area contributed by atoms with Gasteiger partial charge in [-0.1, -0.05) is 35.9 Å². The Hall–Kier alpha value is -2.47. The van der Waals surface area contributed by atoms with Crippen LogP contribution < -0.4 is 15.4 Å². The van der Waals surface area contributed by atoms with Crippen molar-refractivity contribution in [3.8, 4) is 5.75 Å². The number of hydrogen-bond acceptors (Lipinski definition) is 4. The van der Waals surface area contributed by atoms with E-state index in [9.17, 15) is 9.59 Å². The number of carbonyl (C=O) groups is 2. The van der Waals surface area contributed by atoms with Gasteiger partial charge in [-0.3, -0.25) is 9.59 Å². The monoisotopic (exact) mass is 398 g/mol. The zero-order valence-electron chi connectivity index (χ0n) is 16.2. The van der Waals surface area contributed by atoms with Gasteiger partial charge in [0.15, 0.2) is 0 Å². The van der Waals surface area contributed by atoms with E-state index >= 15 is 0 Å². The molecule has 1 aliphatic heterocycles. The van der Waals surface area contributed by atoms with Gasteiger partial charge < -0.3 is 15.4 Å². The number of carbonyl (C=O) groups excluding carboxylic acids is 2. The van der Waals surface area contributed by atoms with Crippen molar-refractivity contribution in [3.05, 3.63) is 65.2 Å². The molecular weight excluding hydrogens is 372 g/mol. The molecule has 0 aliphatic carbocycles. The smallest absolute Gasteiger partial charge is 0.251 e. The molecular formula is C22H26N2O3S. The second-order valence-corrected chi connectivity index (χ2v) is 7.96. The highest BCUT2D eigenvalue weighted by Gasteiger charge is 2.25. The number of amides is 2. The average molecular weight is 399 g/mol. The number of ether oxygens (including phenoxy) is 1. The topological polar surface area (TPSA) is 67.4 Å². The number of nitrogens with one attached hydrogen (secondary N) is 2. The molecule has 5 nitrogen and oxygen atoms in total. The molecule has 0 spiro atoms. The lowest BCUT2D eigenvalue weighted by molar-refractivity contribution is -0.123. The van der Waals surface area contributed by atoms with Gasteiger partial charge >= 0.3 is 0 Å². The van der Waals surface area contributed by atoms with Gasteiger partial charge in [0.05, 0.1) is 6.54 Å². The van der Waals surface area contributed by atoms with Crippen LogP contribution >= 0.6 is 11.8 Å². The van der Waals surface area contributed by atoms with Crippen molar-refractivity contribution in [2.75, 3.05) is 18.6 Å². The number of thioether (sulfide) groups is 1. The van der Waals surface area contributed by atoms with E-state index in [1.54, 1.807) is 17.8 Å². The third-order valence-electron chi connectivity index (χ3n) is 4.73. The Morgan fingerprint density at radius 2 is 2.04 bits per heavy atom. The van der Waals surface area contributed by atoms with Crippen LogP contribution in [0.5, 0.6) is 5.75 Å². The SMILES string of the molecule is CSCCC(NC(=O)c1cccc(C)c1)C(=O)NCC1Cc2ccccc2O1. The Morgan fingerprint density at radius 1 is 1.21 bits per heavy atom. The summed E-state index contributed by atoms with van der Waals surface area (Å²) in [6, 6.07) is 14.7. The first-order valence-electron chi connectivity index (χ1n) is 9.45. The fourth-order valence-corrected chi connectivity index (χ4v) is 3.71. The highest BCUT2D eigenvalue weighted by Crippen LogP contribution is 2.27. The van der Waals surface area contributed by atoms with Crippen molar-refractivity contribution in [3.63, 3.8) is 0 Å². The lowest BCUT2D eigenvalue weighted by atomic mass is 10.1. The van der Waals surface area contributed by atoms with E-state index < -0.39 is 6.04 Å². The van der Waals surface area contributed by atoms with E-state index in [-0.39, 0.29) is 17.9 Å². The molecule has 2 aromatic carbocycles. The summed E-state index contributed by atoms with van der Waals surface area (Å²) in [5.74, 6) is 1.27. The van der Waals surface area contributed by atoms with Crippen LogP contribution in [0.15, 0.2) is 48.5 Å². The van der Waals surface area contributed by atoms with Gasteiger partial charge in [-0.15, -0.1) is 0 Å². The summed E-state index contributed by atoms with van der Waals surface area (Å²) in [4.78, 5) is 25.3. The number of aryl methyl sites for hydroxylation is 1. The first-order chi connectivity index (χ1) is 13.6. The molecule has 0 fully saturated rings. The minimum Gasteiger partial charge on any atom is -0.488 e. The van der Waals surface area contributed by atoms with E-state index in [1.807, 2.05) is 55.6 Å². The van der Waals surface area contributed by atoms with E-state index in [4.69, 9.17) is 4.74 Å². The van der Waals surface area contributed by atoms with Crippen LogP contribution in [0, 0.1) is 6.92 Å². The van der Waals surface area contributed by atoms with Gasteiger partial charge in [0.2, 0.25) is 5.91 Å². The molecule has 2 aromatic rings. The molecule has 148 valence electrons. The summed E-state index contributed by atoms with van der Waals surface area (Å²) in [6.45, 7) is 2.36. The summed E-state index contributed by atoms with van der Waals surface area (Å²) >= 11 is 1.65. The molecule has 1 heterocycles. The van der Waals surface area contributed by atoms with Crippen molar-refractivity contribution >= 4 is 23.6 Å². The van der Waals surface area contributed by atoms with Crippen LogP contribution in [-0.2, 0) is 11.2 Å². The number of fused-ring (bicyclic) bond motifs is 1. The van der Waals surface area contributed by atoms with Crippen molar-refractivity contribution in [2.24, 2.45) is 0 Å². The predicted octanol–water partition coefficient (Wildman–Crippen LogP) is 2.97. The zero-order valence-corrected chi connectivity index (χ0v) is 17.1. The highest BCUT2D eigenvalue weighted by molar-refractivity contribution is 7.98. The van der Waals surface area contributed by atoms with Crippen LogP contribution in [0.2, 0.25) is 0 Å². The molecule has 0 saturated heterocycles. The molecule has 6 heteroatoms. The summed E-state index contributed by atoms with van der Waals surface area (Å²) in [7, 11) is 0. The summed E-state index contributed by atoms with van der Waals surface area (Å²) in [5.41, 5.74) is 2.74. The largest absolute Gasteiger partial charge is 0.488 e. The Morgan fingerprint density at radius 3 is 2.79 bits per heavy atom. The normalized spacial score (nSPS) is 16.0. The first-order valence-corrected chi connectivity index (χ1v) is 10.8. The average Bonchev–Trinajstić information content (AvgIpc) is 3.12. The van der Waals surface area contributed by atoms with Crippen molar-refractivity contribution in [1.82, 2.24) is 10.6 Å². The third kappa shape index (κ3) is 5.29. The van der Waals surface area contributed by atoms with E-state index in [2.05, 4.69) is 10.6 Å². The second kappa shape index (κ2) is 9.64. The Kier molecular flexibility index (Phi) is 6.98. The highest BCUT2D eigenvalue weighted by atomic mass is 32.2. The number of hydrogen-bond donors (Lipinski definition) is 2. The van der Waals surface area contributed by atoms with E-state index in [0.29, 0.717) is 18.5 Å². The molecule has 0 bridgehead atoms. The molecule has 2 atom stereocenters. The molecule has 0 saturated carbocycles. The number of benzene rings is 2. The van der Waals surface area contributed by atoms with Crippen LogP contribution in [-0.4, -0.2) is 42.5 Å². The minimum atomic E-state index is -0.566. The molecule has 1 aliphatic rings. The molecule has 28 heavy (non-hydrogen) atoms. The molecule has 2 amide bonds. The number of rotatable bonds is 8. The van der Waals surface area contributed by atoms with Gasteiger partial charge in [-0.05, 0) is 49.1 Å². The third-order valence-corrected chi connectivity index (χ3v) is 5.37. The lowest BCUT2D eigenvalue weighted by Crippen LogP contribution is -2.49. The molecule has 0 radical (unpaired) electrons. The van der Waals surface area contributed by atoms with Crippen molar-refractivity contribution in [2.45, 2.75) is 31.9 Å². The maximum atomic E-state index is 12.7. The maximum absolute atomic E-state index is 12.7. The Bertz CT molecular complexity index is 815. The zero-order chi connectivity index (χ0) is 19.9. The molecule has 3 rings (SSSR count). The van der Waals surface area contributed by atoms with Gasteiger partial charge in [0.1, 0.15) is 17.9 Å². The predicted molar refractivity (Wildman–Crippen MR) is 113 cm³/mol. The molecule has 2 N–H and O–H groups in total. The van der Waals surface area contributed by atoms with Crippen LogP contribution in [0.1, 0.15) is 27.9 Å². The quantitative estimate of drug-likeness (QED) is 0.717. The van der Waals surface area contributed by atoms with Crippen LogP contribution in [0.25, 0.3) is 0 Å². The second-order valence-electron chi connectivity index (χ2n) is 6.97. The van der Waals surface area contributed by atoms with E-state index in [0.717, 1.165) is 29.1 Å². The van der Waals surface area contributed by atoms with Gasteiger partial charge in [-0.2, -0.15) is 11.8 Å². The van der Waals surface area contributed by atoms with Gasteiger partial charge in [0, 0.05) is 12.0 Å². The fraction of sp³-hybridized carbons (Fsp3) is 0.364. The van der Waals surface area contributed by atoms with Crippen molar-refractivity contribution in [1.29, 1.82) is 0 Å². The number of para-hydroxylation sites is 1. The Labute approximate surface area is 170 Å². The van der Waals surface area contributed by atoms with Gasteiger partial charge in [0.25, 0.3) is 5.91 Å². The summed E-state index contributed by atoms with van der Waals surface area (Å²) in [6.07, 6.45) is 3.27. The fourth-order valence-electron chi connectivity index (χ4n) is 3.24. The maximum Gasteiger partial charge on any atom is 0.251 e. The van der Waals surface area contributed by atoms with Gasteiger partial charge in [-0.25, -0.2) is 0 Å². The van der Waals surface area contributed by atoms with E-state index in [1.165, 1.54) is 0 Å². The van der Waals surface area contributed by atoms with Crippen molar-refractivity contribution < 1.29 is 14.3 Å². The van der Waals surface area contributed by atoms with Crippen LogP contribution in [0.3, 0.4) is 0 Å². The first kappa shape index (κ1) is 20.3. The summed E-state index contributed by atoms with van der Waals surface area (Å²) < 4.78 is 5.88. The van der Waals surface area contributed by atoms with Crippen LogP contribution in [0.4, 0.5) is 0 Å². The molecule has 0 aromatic heterocycles. The molecule has 2 unspecified atom stereocenters. The standard InChI is InChI=1S/C22H26N2O3S/c1-15-6-5-8-17(12-15)21(25)24-19(10-11-28-2)22(26)23-14-18-13-16-7-3-4-9-20(16)27-18/h3-9,12,18-19H,10-11,13-14H2,1-2H3,(H,23,26)(H,24,25).